The van der Waals surface area contributed by atoms with Crippen LogP contribution in [0.5, 0.6) is 0 Å². The van der Waals surface area contributed by atoms with E-state index in [0.717, 1.165) is 12.8 Å². The molecule has 0 radical (unpaired) electrons. The Hall–Kier alpha value is 0.726. The largest absolute Gasteiger partial charge is 2.00 e. The molecule has 0 rings (SSSR count). The van der Waals surface area contributed by atoms with Crippen LogP contribution in [0.4, 0.5) is 0 Å². The summed E-state index contributed by atoms with van der Waals surface area (Å²) in [5.74, 6) is 0. The van der Waals surface area contributed by atoms with Crippen molar-refractivity contribution in [2.45, 2.75) is 26.2 Å². The summed E-state index contributed by atoms with van der Waals surface area (Å²) in [4.78, 5) is 0. The number of rotatable bonds is 3. The fourth-order valence-electron chi connectivity index (χ4n) is 0.362. The second-order valence-electron chi connectivity index (χ2n) is 1.43. The Bertz CT molecular complexity index is 20.0. The number of aliphatic hydroxyl groups excluding tert-OH is 1. The molecule has 7 heavy (non-hydrogen) atoms. The predicted octanol–water partition coefficient (Wildman–Crippen LogP) is 0.788. The number of aliphatic hydroxyl groups is 1. The quantitative estimate of drug-likeness (QED) is 0.423. The molecule has 0 amide bonds. The van der Waals surface area contributed by atoms with Gasteiger partial charge in [-0.15, -0.1) is 0 Å². The minimum Gasteiger partial charge on any atom is -0.396 e. The molecule has 0 aromatic rings. The normalized spacial score (nSPS) is 7.71. The summed E-state index contributed by atoms with van der Waals surface area (Å²) in [5.41, 5.74) is 0. The van der Waals surface area contributed by atoms with Crippen LogP contribution in [0.1, 0.15) is 26.2 Å². The fourth-order valence-corrected chi connectivity index (χ4v) is 0.362. The maximum Gasteiger partial charge on any atom is 2.00 e. The summed E-state index contributed by atoms with van der Waals surface area (Å²) in [6.07, 6.45) is 3.33. The Kier molecular flexibility index (Phi) is 15.0. The van der Waals surface area contributed by atoms with Crippen molar-refractivity contribution in [2.75, 3.05) is 6.61 Å². The first kappa shape index (κ1) is 10.7. The van der Waals surface area contributed by atoms with Gasteiger partial charge in [-0.25, -0.2) is 0 Å². The van der Waals surface area contributed by atoms with E-state index in [2.05, 4.69) is 6.92 Å². The van der Waals surface area contributed by atoms with Crippen molar-refractivity contribution in [2.24, 2.45) is 0 Å². The minimum absolute atomic E-state index is 0. The smallest absolute Gasteiger partial charge is 0.396 e. The molecule has 1 nitrogen and oxygen atoms in total. The number of unbranched alkanes of at least 4 members (excludes halogenated alkanes) is 2. The molecule has 2 heteroatoms. The molecule has 0 bridgehead atoms. The van der Waals surface area contributed by atoms with Crippen LogP contribution in [0.2, 0.25) is 0 Å². The molecule has 0 atom stereocenters. The van der Waals surface area contributed by atoms with E-state index in [-0.39, 0.29) is 23.1 Å². The van der Waals surface area contributed by atoms with Gasteiger partial charge in [0.05, 0.1) is 0 Å². The maximum atomic E-state index is 8.20. The van der Waals surface area contributed by atoms with Crippen LogP contribution in [0.3, 0.4) is 0 Å². The first-order valence-electron chi connectivity index (χ1n) is 2.52. The van der Waals surface area contributed by atoms with Crippen molar-refractivity contribution < 1.29 is 5.11 Å². The molecule has 0 fully saturated rings. The van der Waals surface area contributed by atoms with Gasteiger partial charge in [0.25, 0.3) is 0 Å². The summed E-state index contributed by atoms with van der Waals surface area (Å²) >= 11 is 0. The van der Waals surface area contributed by atoms with Gasteiger partial charge >= 0.3 is 23.1 Å². The Morgan fingerprint density at radius 1 is 1.29 bits per heavy atom. The van der Waals surface area contributed by atoms with Crippen LogP contribution in [0.15, 0.2) is 0 Å². The summed E-state index contributed by atoms with van der Waals surface area (Å²) in [5, 5.41) is 8.20. The van der Waals surface area contributed by atoms with Crippen LogP contribution < -0.4 is 0 Å². The second kappa shape index (κ2) is 9.87. The molecule has 0 heterocycles. The van der Waals surface area contributed by atoms with E-state index in [0.29, 0.717) is 6.61 Å². The summed E-state index contributed by atoms with van der Waals surface area (Å²) in [6, 6.07) is 0. The monoisotopic (exact) mass is 112 g/mol. The van der Waals surface area contributed by atoms with E-state index in [4.69, 9.17) is 5.11 Å². The van der Waals surface area contributed by atoms with Crippen molar-refractivity contribution in [3.63, 3.8) is 0 Å². The second-order valence-corrected chi connectivity index (χ2v) is 1.43. The van der Waals surface area contributed by atoms with Crippen LogP contribution in [0, 0.1) is 0 Å². The molecule has 0 saturated heterocycles. The molecule has 0 spiro atoms. The van der Waals surface area contributed by atoms with E-state index in [1.807, 2.05) is 0 Å². The van der Waals surface area contributed by atoms with Gasteiger partial charge in [0.15, 0.2) is 0 Å². The van der Waals surface area contributed by atoms with Gasteiger partial charge in [-0.1, -0.05) is 19.8 Å². The zero-order valence-electron chi connectivity index (χ0n) is 4.98. The van der Waals surface area contributed by atoms with Gasteiger partial charge in [-0.2, -0.15) is 0 Å². The number of hydrogen-bond donors (Lipinski definition) is 1. The molecule has 0 aliphatic heterocycles. The molecule has 38 valence electrons. The van der Waals surface area contributed by atoms with E-state index in [9.17, 15) is 0 Å². The minimum atomic E-state index is 0. The average Bonchev–Trinajstić information content (AvgIpc) is 1.61. The Balaban J connectivity index is 0. The van der Waals surface area contributed by atoms with Crippen molar-refractivity contribution in [3.8, 4) is 0 Å². The van der Waals surface area contributed by atoms with E-state index < -0.39 is 0 Å². The van der Waals surface area contributed by atoms with E-state index in [1.165, 1.54) is 6.42 Å². The molecule has 0 aromatic heterocycles. The van der Waals surface area contributed by atoms with Crippen LogP contribution >= 0.6 is 0 Å². The van der Waals surface area contributed by atoms with E-state index in [1.54, 1.807) is 0 Å². The third kappa shape index (κ3) is 10.8. The van der Waals surface area contributed by atoms with Crippen LogP contribution in [-0.2, 0) is 0 Å². The molecule has 0 aromatic carbocycles. The van der Waals surface area contributed by atoms with Gasteiger partial charge < -0.3 is 5.11 Å². The van der Waals surface area contributed by atoms with Crippen molar-refractivity contribution >= 4 is 23.1 Å². The zero-order chi connectivity index (χ0) is 4.83. The summed E-state index contributed by atoms with van der Waals surface area (Å²) in [7, 11) is 0. The molecule has 0 aliphatic rings. The molecule has 0 saturated carbocycles. The first-order chi connectivity index (χ1) is 2.91. The Morgan fingerprint density at radius 2 is 1.86 bits per heavy atom. The topological polar surface area (TPSA) is 20.2 Å². The van der Waals surface area contributed by atoms with Crippen LogP contribution in [0.25, 0.3) is 0 Å². The van der Waals surface area contributed by atoms with Crippen molar-refractivity contribution in [1.82, 2.24) is 0 Å². The average molecular weight is 112 g/mol. The molecule has 0 aliphatic carbocycles. The number of hydrogen-bond acceptors (Lipinski definition) is 1. The molecule has 1 N–H and O–H groups in total. The van der Waals surface area contributed by atoms with E-state index >= 15 is 0 Å². The van der Waals surface area contributed by atoms with Gasteiger partial charge in [-0.3, -0.25) is 0 Å². The first-order valence-corrected chi connectivity index (χ1v) is 2.52. The Morgan fingerprint density at radius 3 is 2.00 bits per heavy atom. The fraction of sp³-hybridized carbons (Fsp3) is 1.00. The third-order valence-corrected chi connectivity index (χ3v) is 0.762. The maximum absolute atomic E-state index is 8.20. The predicted molar refractivity (Wildman–Crippen MR) is 32.4 cm³/mol. The van der Waals surface area contributed by atoms with Gasteiger partial charge in [0.1, 0.15) is 0 Å². The van der Waals surface area contributed by atoms with Crippen molar-refractivity contribution in [1.29, 1.82) is 0 Å². The third-order valence-electron chi connectivity index (χ3n) is 0.762. The summed E-state index contributed by atoms with van der Waals surface area (Å²) in [6.45, 7) is 2.48. The zero-order valence-corrected chi connectivity index (χ0v) is 6.40. The van der Waals surface area contributed by atoms with Crippen molar-refractivity contribution in [3.05, 3.63) is 0 Å². The summed E-state index contributed by atoms with van der Waals surface area (Å²) < 4.78 is 0. The molecule has 0 unspecified atom stereocenters. The van der Waals surface area contributed by atoms with Gasteiger partial charge in [0, 0.05) is 6.61 Å². The molecular weight excluding hydrogens is 100 g/mol. The van der Waals surface area contributed by atoms with Gasteiger partial charge in [-0.05, 0) is 6.42 Å². The molecular formula is C5H12MgO+2. The van der Waals surface area contributed by atoms with Gasteiger partial charge in [0.2, 0.25) is 0 Å². The van der Waals surface area contributed by atoms with Crippen LogP contribution in [-0.4, -0.2) is 34.8 Å². The SMILES string of the molecule is CCCCCO.[Mg+2]. The Labute approximate surface area is 61.3 Å². The standard InChI is InChI=1S/C5H12O.Mg/c1-2-3-4-5-6;/h6H,2-5H2,1H3;/q;+2.